The molecule has 1 amide bonds. The maximum absolute atomic E-state index is 13.3. The first-order chi connectivity index (χ1) is 16.3. The van der Waals surface area contributed by atoms with E-state index < -0.39 is 17.7 Å². The molecule has 3 heterocycles. The highest BCUT2D eigenvalue weighted by atomic mass is 16.5. The Morgan fingerprint density at radius 1 is 1.15 bits per heavy atom. The molecule has 1 saturated heterocycles. The molecule has 1 aromatic carbocycles. The van der Waals surface area contributed by atoms with Crippen molar-refractivity contribution in [2.75, 3.05) is 7.11 Å². The minimum Gasteiger partial charge on any atom is -0.507 e. The van der Waals surface area contributed by atoms with E-state index in [1.807, 2.05) is 39.0 Å². The number of hydrogen-bond acceptors (Lipinski definition) is 6. The molecule has 7 heteroatoms. The van der Waals surface area contributed by atoms with Crippen LogP contribution in [0.25, 0.3) is 5.76 Å². The molecule has 1 unspecified atom stereocenters. The summed E-state index contributed by atoms with van der Waals surface area (Å²) in [6.07, 6.45) is 4.87. The zero-order valence-corrected chi connectivity index (χ0v) is 19.6. The Morgan fingerprint density at radius 3 is 2.56 bits per heavy atom. The quantitative estimate of drug-likeness (QED) is 0.332. The largest absolute Gasteiger partial charge is 0.507 e. The zero-order valence-electron chi connectivity index (χ0n) is 19.6. The maximum atomic E-state index is 13.3. The number of Topliss-reactive ketones (excluding diaryl/α,β-unsaturated/α-hetero) is 1. The van der Waals surface area contributed by atoms with Gasteiger partial charge in [-0.15, -0.1) is 0 Å². The number of ether oxygens (including phenoxy) is 1. The fourth-order valence-corrected chi connectivity index (χ4v) is 4.32. The Kier molecular flexibility index (Phi) is 6.45. The van der Waals surface area contributed by atoms with E-state index in [-0.39, 0.29) is 23.8 Å². The van der Waals surface area contributed by atoms with Crippen molar-refractivity contribution in [1.29, 1.82) is 0 Å². The smallest absolute Gasteiger partial charge is 0.296 e. The highest BCUT2D eigenvalue weighted by Crippen LogP contribution is 2.41. The summed E-state index contributed by atoms with van der Waals surface area (Å²) in [6.45, 7) is 6.02. The van der Waals surface area contributed by atoms with Gasteiger partial charge in [0.1, 0.15) is 11.5 Å². The highest BCUT2D eigenvalue weighted by molar-refractivity contribution is 6.46. The standard InChI is InChI=1S/C27H27N3O4/c1-16(2)20-13-21(17(3)12-22(20)34-4)25(31)23-24(18-8-7-10-28-14-18)30(27(33)26(23)32)15-19-9-5-6-11-29-19/h5-14,16,24,31H,15H2,1-4H3/b25-23+. The lowest BCUT2D eigenvalue weighted by Gasteiger charge is -2.25. The lowest BCUT2D eigenvalue weighted by molar-refractivity contribution is -0.140. The van der Waals surface area contributed by atoms with Crippen LogP contribution in [0.2, 0.25) is 0 Å². The first kappa shape index (κ1) is 23.2. The van der Waals surface area contributed by atoms with E-state index in [0.29, 0.717) is 22.6 Å². The van der Waals surface area contributed by atoms with Gasteiger partial charge in [-0.3, -0.25) is 19.6 Å². The van der Waals surface area contributed by atoms with Crippen molar-refractivity contribution in [2.24, 2.45) is 0 Å². The van der Waals surface area contributed by atoms with Gasteiger partial charge in [0.05, 0.1) is 31.0 Å². The van der Waals surface area contributed by atoms with E-state index in [9.17, 15) is 14.7 Å². The number of aliphatic hydroxyl groups excluding tert-OH is 1. The van der Waals surface area contributed by atoms with Crippen molar-refractivity contribution in [3.63, 3.8) is 0 Å². The van der Waals surface area contributed by atoms with E-state index in [1.165, 1.54) is 4.90 Å². The first-order valence-electron chi connectivity index (χ1n) is 11.1. The zero-order chi connectivity index (χ0) is 24.4. The molecule has 1 aliphatic heterocycles. The summed E-state index contributed by atoms with van der Waals surface area (Å²) in [7, 11) is 1.60. The van der Waals surface area contributed by atoms with Gasteiger partial charge in [0.2, 0.25) is 0 Å². The fourth-order valence-electron chi connectivity index (χ4n) is 4.32. The molecular formula is C27H27N3O4. The lowest BCUT2D eigenvalue weighted by atomic mass is 9.91. The van der Waals surface area contributed by atoms with Crippen LogP contribution in [-0.4, -0.2) is 38.8 Å². The Hall–Kier alpha value is -4.00. The number of aryl methyl sites for hydroxylation is 1. The summed E-state index contributed by atoms with van der Waals surface area (Å²) in [5, 5.41) is 11.5. The molecule has 0 aliphatic carbocycles. The van der Waals surface area contributed by atoms with Crippen LogP contribution in [0.3, 0.4) is 0 Å². The Morgan fingerprint density at radius 2 is 1.94 bits per heavy atom. The number of aromatic nitrogens is 2. The van der Waals surface area contributed by atoms with Gasteiger partial charge < -0.3 is 14.7 Å². The molecule has 0 spiro atoms. The van der Waals surface area contributed by atoms with Crippen LogP contribution in [0.5, 0.6) is 5.75 Å². The Labute approximate surface area is 198 Å². The number of carbonyl (C=O) groups excluding carboxylic acids is 2. The van der Waals surface area contributed by atoms with Crippen LogP contribution in [-0.2, 0) is 16.1 Å². The van der Waals surface area contributed by atoms with E-state index >= 15 is 0 Å². The normalized spacial score (nSPS) is 17.4. The molecule has 7 nitrogen and oxygen atoms in total. The number of hydrogen-bond donors (Lipinski definition) is 1. The second-order valence-corrected chi connectivity index (χ2v) is 8.60. The van der Waals surface area contributed by atoms with Gasteiger partial charge in [-0.1, -0.05) is 26.0 Å². The monoisotopic (exact) mass is 457 g/mol. The summed E-state index contributed by atoms with van der Waals surface area (Å²) in [4.78, 5) is 36.4. The van der Waals surface area contributed by atoms with Crippen LogP contribution >= 0.6 is 0 Å². The second kappa shape index (κ2) is 9.47. The number of carbonyl (C=O) groups is 2. The summed E-state index contributed by atoms with van der Waals surface area (Å²) in [5.41, 5.74) is 3.44. The Balaban J connectivity index is 1.90. The van der Waals surface area contributed by atoms with Gasteiger partial charge in [-0.25, -0.2) is 0 Å². The number of amides is 1. The number of aliphatic hydroxyl groups is 1. The fraction of sp³-hybridized carbons (Fsp3) is 0.259. The number of benzene rings is 1. The summed E-state index contributed by atoms with van der Waals surface area (Å²) in [6, 6.07) is 11.8. The molecule has 174 valence electrons. The number of methoxy groups -OCH3 is 1. The van der Waals surface area contributed by atoms with Crippen LogP contribution in [0.1, 0.15) is 53.8 Å². The number of rotatable bonds is 6. The molecule has 4 rings (SSSR count). The predicted molar refractivity (Wildman–Crippen MR) is 128 cm³/mol. The predicted octanol–water partition coefficient (Wildman–Crippen LogP) is 4.54. The molecule has 1 atom stereocenters. The molecule has 3 aromatic rings. The molecule has 2 aromatic heterocycles. The molecule has 0 saturated carbocycles. The lowest BCUT2D eigenvalue weighted by Crippen LogP contribution is -2.29. The highest BCUT2D eigenvalue weighted by Gasteiger charge is 2.46. The average Bonchev–Trinajstić information content (AvgIpc) is 3.09. The van der Waals surface area contributed by atoms with Crippen LogP contribution in [0, 0.1) is 6.92 Å². The third-order valence-corrected chi connectivity index (χ3v) is 6.05. The molecule has 0 radical (unpaired) electrons. The number of ketones is 1. The van der Waals surface area contributed by atoms with E-state index in [0.717, 1.165) is 11.1 Å². The van der Waals surface area contributed by atoms with Crippen molar-refractivity contribution in [1.82, 2.24) is 14.9 Å². The molecule has 34 heavy (non-hydrogen) atoms. The van der Waals surface area contributed by atoms with Crippen molar-refractivity contribution < 1.29 is 19.4 Å². The van der Waals surface area contributed by atoms with Crippen molar-refractivity contribution in [3.8, 4) is 5.75 Å². The van der Waals surface area contributed by atoms with Gasteiger partial charge in [0.15, 0.2) is 0 Å². The molecule has 1 N–H and O–H groups in total. The summed E-state index contributed by atoms with van der Waals surface area (Å²) < 4.78 is 5.52. The minimum atomic E-state index is -0.792. The van der Waals surface area contributed by atoms with Crippen molar-refractivity contribution in [3.05, 3.63) is 94.6 Å². The van der Waals surface area contributed by atoms with Crippen molar-refractivity contribution in [2.45, 2.75) is 39.3 Å². The molecular weight excluding hydrogens is 430 g/mol. The summed E-state index contributed by atoms with van der Waals surface area (Å²) >= 11 is 0. The van der Waals surface area contributed by atoms with E-state index in [4.69, 9.17) is 4.74 Å². The number of nitrogens with zero attached hydrogens (tertiary/aromatic N) is 3. The number of likely N-dealkylation sites (tertiary alicyclic amines) is 1. The topological polar surface area (TPSA) is 92.6 Å². The van der Waals surface area contributed by atoms with Gasteiger partial charge in [-0.05, 0) is 59.9 Å². The van der Waals surface area contributed by atoms with Gasteiger partial charge in [0.25, 0.3) is 11.7 Å². The first-order valence-corrected chi connectivity index (χ1v) is 11.1. The third-order valence-electron chi connectivity index (χ3n) is 6.05. The van der Waals surface area contributed by atoms with Gasteiger partial charge >= 0.3 is 0 Å². The average molecular weight is 458 g/mol. The second-order valence-electron chi connectivity index (χ2n) is 8.60. The molecule has 0 bridgehead atoms. The number of pyridine rings is 2. The van der Waals surface area contributed by atoms with Gasteiger partial charge in [-0.2, -0.15) is 0 Å². The molecule has 1 aliphatic rings. The van der Waals surface area contributed by atoms with Crippen LogP contribution in [0.4, 0.5) is 0 Å². The molecule has 1 fully saturated rings. The van der Waals surface area contributed by atoms with E-state index in [1.54, 1.807) is 50.0 Å². The van der Waals surface area contributed by atoms with Crippen LogP contribution < -0.4 is 4.74 Å². The SMILES string of the molecule is COc1cc(C)c(/C(O)=C2\C(=O)C(=O)N(Cc3ccccn3)C2c2cccnc2)cc1C(C)C. The Bertz CT molecular complexity index is 1250. The van der Waals surface area contributed by atoms with Crippen molar-refractivity contribution >= 4 is 17.4 Å². The van der Waals surface area contributed by atoms with E-state index in [2.05, 4.69) is 9.97 Å². The van der Waals surface area contributed by atoms with Gasteiger partial charge in [0, 0.05) is 24.2 Å². The maximum Gasteiger partial charge on any atom is 0.296 e. The third kappa shape index (κ3) is 4.17. The summed E-state index contributed by atoms with van der Waals surface area (Å²) in [5.74, 6) is -0.788. The van der Waals surface area contributed by atoms with Crippen LogP contribution in [0.15, 0.2) is 66.6 Å². The minimum absolute atomic E-state index is 0.0388.